The molecule has 2 heterocycles. The first kappa shape index (κ1) is 23.0. The van der Waals surface area contributed by atoms with E-state index in [1.54, 1.807) is 19.2 Å². The summed E-state index contributed by atoms with van der Waals surface area (Å²) in [4.78, 5) is 46.8. The number of amides is 1. The highest BCUT2D eigenvalue weighted by atomic mass is 35.5. The summed E-state index contributed by atoms with van der Waals surface area (Å²) >= 11 is 7.24. The Labute approximate surface area is 188 Å². The van der Waals surface area contributed by atoms with Crippen LogP contribution in [0.5, 0.6) is 0 Å². The largest absolute Gasteiger partial charge is 0.332 e. The van der Waals surface area contributed by atoms with Crippen LogP contribution in [0.3, 0.4) is 0 Å². The lowest BCUT2D eigenvalue weighted by Crippen LogP contribution is -2.38. The number of nitrogens with zero attached hydrogens (tertiary/aromatic N) is 4. The van der Waals surface area contributed by atoms with Gasteiger partial charge in [-0.3, -0.25) is 18.7 Å². The monoisotopic (exact) mass is 461 g/mol. The third-order valence-corrected chi connectivity index (χ3v) is 6.12. The van der Waals surface area contributed by atoms with E-state index in [0.717, 1.165) is 21.9 Å². The van der Waals surface area contributed by atoms with Crippen molar-refractivity contribution < 1.29 is 4.79 Å². The second kappa shape index (κ2) is 8.47. The van der Waals surface area contributed by atoms with E-state index in [2.05, 4.69) is 15.3 Å². The highest BCUT2D eigenvalue weighted by Crippen LogP contribution is 2.27. The van der Waals surface area contributed by atoms with Gasteiger partial charge in [-0.25, -0.2) is 14.8 Å². The SMILES string of the molecule is Cc1ccc(NC(=O)CSc2nc(C(C)(C)C)nc3c2c(=O)n(C)c(=O)n3C)cc1Cl. The van der Waals surface area contributed by atoms with Gasteiger partial charge in [-0.15, -0.1) is 0 Å². The van der Waals surface area contributed by atoms with Crippen molar-refractivity contribution in [3.05, 3.63) is 55.4 Å². The summed E-state index contributed by atoms with van der Waals surface area (Å²) in [7, 11) is 2.97. The van der Waals surface area contributed by atoms with Crippen LogP contribution < -0.4 is 16.6 Å². The molecule has 0 atom stereocenters. The first-order valence-corrected chi connectivity index (χ1v) is 10.9. The molecule has 0 unspecified atom stereocenters. The third kappa shape index (κ3) is 4.67. The molecule has 1 N–H and O–H groups in total. The summed E-state index contributed by atoms with van der Waals surface area (Å²) in [5.74, 6) is 0.236. The summed E-state index contributed by atoms with van der Waals surface area (Å²) in [6, 6.07) is 5.28. The minimum atomic E-state index is -0.494. The average molecular weight is 462 g/mol. The summed E-state index contributed by atoms with van der Waals surface area (Å²) in [5, 5.41) is 3.94. The van der Waals surface area contributed by atoms with Gasteiger partial charge >= 0.3 is 5.69 Å². The maximum absolute atomic E-state index is 12.8. The topological polar surface area (TPSA) is 98.9 Å². The van der Waals surface area contributed by atoms with Crippen molar-refractivity contribution in [1.82, 2.24) is 19.1 Å². The van der Waals surface area contributed by atoms with Crippen molar-refractivity contribution in [2.24, 2.45) is 14.1 Å². The van der Waals surface area contributed by atoms with Gasteiger partial charge in [-0.2, -0.15) is 0 Å². The van der Waals surface area contributed by atoms with Gasteiger partial charge in [0.1, 0.15) is 16.2 Å². The second-order valence-corrected chi connectivity index (χ2v) is 9.68. The molecule has 0 saturated carbocycles. The predicted octanol–water partition coefficient (Wildman–Crippen LogP) is 3.02. The van der Waals surface area contributed by atoms with E-state index in [9.17, 15) is 14.4 Å². The zero-order chi connectivity index (χ0) is 23.1. The van der Waals surface area contributed by atoms with Gasteiger partial charge in [-0.1, -0.05) is 50.2 Å². The molecule has 10 heteroatoms. The molecule has 0 aliphatic carbocycles. The van der Waals surface area contributed by atoms with Gasteiger partial charge in [-0.05, 0) is 24.6 Å². The normalized spacial score (nSPS) is 11.7. The minimum Gasteiger partial charge on any atom is -0.325 e. The molecule has 1 amide bonds. The third-order valence-electron chi connectivity index (χ3n) is 4.73. The van der Waals surface area contributed by atoms with Gasteiger partial charge in [0.15, 0.2) is 5.65 Å². The van der Waals surface area contributed by atoms with Crippen LogP contribution in [-0.2, 0) is 24.3 Å². The molecule has 0 saturated heterocycles. The quantitative estimate of drug-likeness (QED) is 0.473. The maximum atomic E-state index is 12.8. The molecule has 164 valence electrons. The van der Waals surface area contributed by atoms with Crippen LogP contribution in [0.25, 0.3) is 11.0 Å². The Morgan fingerprint density at radius 1 is 1.16 bits per heavy atom. The fraction of sp³-hybridized carbons (Fsp3) is 0.381. The number of carbonyl (C=O) groups excluding carboxylic acids is 1. The zero-order valence-electron chi connectivity index (χ0n) is 18.2. The Morgan fingerprint density at radius 3 is 2.45 bits per heavy atom. The molecule has 1 aromatic carbocycles. The molecular formula is C21H24ClN5O3S. The van der Waals surface area contributed by atoms with Crippen molar-refractivity contribution in [3.8, 4) is 0 Å². The minimum absolute atomic E-state index is 0.0210. The van der Waals surface area contributed by atoms with E-state index in [1.165, 1.54) is 11.6 Å². The van der Waals surface area contributed by atoms with Gasteiger partial charge in [0.05, 0.1) is 5.75 Å². The molecular weight excluding hydrogens is 438 g/mol. The van der Waals surface area contributed by atoms with Crippen molar-refractivity contribution >= 4 is 46.0 Å². The van der Waals surface area contributed by atoms with Crippen LogP contribution in [0.1, 0.15) is 32.2 Å². The van der Waals surface area contributed by atoms with Crippen LogP contribution >= 0.6 is 23.4 Å². The van der Waals surface area contributed by atoms with E-state index in [0.29, 0.717) is 21.6 Å². The highest BCUT2D eigenvalue weighted by Gasteiger charge is 2.24. The standard InChI is InChI=1S/C21H24ClN5O3S/c1-11-7-8-12(9-13(11)22)23-14(28)10-31-17-15-16(24-19(25-17)21(2,3)4)26(5)20(30)27(6)18(15)29/h7-9H,10H2,1-6H3,(H,23,28). The van der Waals surface area contributed by atoms with Crippen LogP contribution in [0, 0.1) is 6.92 Å². The molecule has 0 aliphatic heterocycles. The molecule has 31 heavy (non-hydrogen) atoms. The predicted molar refractivity (Wildman–Crippen MR) is 124 cm³/mol. The molecule has 0 fully saturated rings. The second-order valence-electron chi connectivity index (χ2n) is 8.31. The Bertz CT molecular complexity index is 1310. The fourth-order valence-electron chi connectivity index (χ4n) is 2.87. The van der Waals surface area contributed by atoms with Gasteiger partial charge in [0, 0.05) is 30.2 Å². The molecule has 3 aromatic rings. The molecule has 2 aromatic heterocycles. The first-order valence-electron chi connectivity index (χ1n) is 9.57. The summed E-state index contributed by atoms with van der Waals surface area (Å²) in [5.41, 5.74) is 0.371. The lowest BCUT2D eigenvalue weighted by atomic mass is 9.96. The number of nitrogens with one attached hydrogen (secondary N) is 1. The number of benzene rings is 1. The molecule has 3 rings (SSSR count). The Kier molecular flexibility index (Phi) is 6.29. The highest BCUT2D eigenvalue weighted by molar-refractivity contribution is 8.00. The number of thioether (sulfide) groups is 1. The molecule has 0 aliphatic rings. The average Bonchev–Trinajstić information content (AvgIpc) is 2.70. The Balaban J connectivity index is 2.00. The van der Waals surface area contributed by atoms with Gasteiger partial charge in [0.25, 0.3) is 5.56 Å². The fourth-order valence-corrected chi connectivity index (χ4v) is 3.86. The number of hydrogen-bond acceptors (Lipinski definition) is 6. The van der Waals surface area contributed by atoms with Gasteiger partial charge in [0.2, 0.25) is 5.91 Å². The van der Waals surface area contributed by atoms with Crippen LogP contribution in [0.4, 0.5) is 5.69 Å². The molecule has 8 nitrogen and oxygen atoms in total. The van der Waals surface area contributed by atoms with Crippen molar-refractivity contribution in [3.63, 3.8) is 0 Å². The van der Waals surface area contributed by atoms with E-state index < -0.39 is 16.7 Å². The number of rotatable bonds is 4. The van der Waals surface area contributed by atoms with Crippen molar-refractivity contribution in [2.45, 2.75) is 38.1 Å². The van der Waals surface area contributed by atoms with E-state index in [4.69, 9.17) is 11.6 Å². The summed E-state index contributed by atoms with van der Waals surface area (Å²) in [6.45, 7) is 7.70. The molecule has 0 bridgehead atoms. The lowest BCUT2D eigenvalue weighted by Gasteiger charge is -2.19. The number of aromatic nitrogens is 4. The van der Waals surface area contributed by atoms with Crippen LogP contribution in [0.15, 0.2) is 32.8 Å². The first-order chi connectivity index (χ1) is 14.4. The number of carbonyl (C=O) groups is 1. The molecule has 0 spiro atoms. The van der Waals surface area contributed by atoms with Crippen LogP contribution in [-0.4, -0.2) is 30.8 Å². The number of hydrogen-bond donors (Lipinski definition) is 1. The Morgan fingerprint density at radius 2 is 1.84 bits per heavy atom. The lowest BCUT2D eigenvalue weighted by molar-refractivity contribution is -0.113. The van der Waals surface area contributed by atoms with Crippen molar-refractivity contribution in [2.75, 3.05) is 11.1 Å². The molecule has 0 radical (unpaired) electrons. The number of aryl methyl sites for hydroxylation is 2. The summed E-state index contributed by atoms with van der Waals surface area (Å²) < 4.78 is 2.34. The van der Waals surface area contributed by atoms with E-state index in [1.807, 2.05) is 33.8 Å². The maximum Gasteiger partial charge on any atom is 0.332 e. The summed E-state index contributed by atoms with van der Waals surface area (Å²) in [6.07, 6.45) is 0. The zero-order valence-corrected chi connectivity index (χ0v) is 19.8. The number of halogens is 1. The van der Waals surface area contributed by atoms with E-state index in [-0.39, 0.29) is 22.7 Å². The number of anilines is 1. The van der Waals surface area contributed by atoms with Gasteiger partial charge < -0.3 is 5.32 Å². The number of fused-ring (bicyclic) bond motifs is 1. The smallest absolute Gasteiger partial charge is 0.325 e. The van der Waals surface area contributed by atoms with Crippen LogP contribution in [0.2, 0.25) is 5.02 Å². The Hall–Kier alpha value is -2.65. The van der Waals surface area contributed by atoms with Crippen molar-refractivity contribution in [1.29, 1.82) is 0 Å². The van der Waals surface area contributed by atoms with E-state index >= 15 is 0 Å².